The molecule has 1 atom stereocenters. The van der Waals surface area contributed by atoms with Crippen LogP contribution < -0.4 is 5.73 Å². The lowest BCUT2D eigenvalue weighted by molar-refractivity contribution is -0.136. The van der Waals surface area contributed by atoms with Crippen LogP contribution in [0.25, 0.3) is 0 Å². The first kappa shape index (κ1) is 23.2. The van der Waals surface area contributed by atoms with E-state index in [1.54, 1.807) is 24.3 Å². The van der Waals surface area contributed by atoms with E-state index in [4.69, 9.17) is 26.8 Å². The Morgan fingerprint density at radius 3 is 2.66 bits per heavy atom. The van der Waals surface area contributed by atoms with Gasteiger partial charge in [-0.1, -0.05) is 41.6 Å². The van der Waals surface area contributed by atoms with Crippen LogP contribution in [0.5, 0.6) is 0 Å². The van der Waals surface area contributed by atoms with E-state index in [0.29, 0.717) is 21.2 Å². The van der Waals surface area contributed by atoms with Crippen LogP contribution in [0, 0.1) is 36.5 Å². The van der Waals surface area contributed by atoms with Crippen LogP contribution in [0.15, 0.2) is 58.1 Å². The van der Waals surface area contributed by atoms with E-state index in [2.05, 4.69) is 11.1 Å². The second-order valence-electron chi connectivity index (χ2n) is 6.94. The number of halogens is 1. The van der Waals surface area contributed by atoms with Gasteiger partial charge in [0.15, 0.2) is 0 Å². The van der Waals surface area contributed by atoms with Crippen molar-refractivity contribution in [1.82, 2.24) is 4.98 Å². The standard InChI is InChI=1S/C23H19ClN4O3S/c1-12-8-13(2)28-22(15(12)9-25)32-11-18-20(23(29)30-3)19(16(10-26)21(27)31-18)14-6-4-5-7-17(14)24/h4-8,19H,11,27H2,1-3H3/t19-/m1/s1. The predicted molar refractivity (Wildman–Crippen MR) is 120 cm³/mol. The molecular formula is C23H19ClN4O3S. The van der Waals surface area contributed by atoms with Crippen molar-refractivity contribution in [3.05, 3.63) is 80.5 Å². The number of hydrogen-bond acceptors (Lipinski definition) is 8. The zero-order valence-electron chi connectivity index (χ0n) is 17.6. The number of carbonyl (C=O) groups is 1. The summed E-state index contributed by atoms with van der Waals surface area (Å²) in [6.07, 6.45) is 0. The normalized spacial score (nSPS) is 15.6. The number of hydrogen-bond donors (Lipinski definition) is 1. The first-order valence-corrected chi connectivity index (χ1v) is 10.8. The molecule has 2 aromatic rings. The van der Waals surface area contributed by atoms with E-state index < -0.39 is 11.9 Å². The lowest BCUT2D eigenvalue weighted by atomic mass is 9.83. The number of allylic oxidation sites excluding steroid dienone is 1. The predicted octanol–water partition coefficient (Wildman–Crippen LogP) is 4.25. The number of nitriles is 2. The lowest BCUT2D eigenvalue weighted by Crippen LogP contribution is -2.26. The molecule has 32 heavy (non-hydrogen) atoms. The smallest absolute Gasteiger partial charge is 0.338 e. The number of aromatic nitrogens is 1. The average molecular weight is 467 g/mol. The highest BCUT2D eigenvalue weighted by Crippen LogP contribution is 2.43. The number of nitrogens with two attached hydrogens (primary N) is 1. The minimum absolute atomic E-state index is 0.0643. The number of pyridine rings is 1. The Bertz CT molecular complexity index is 1240. The number of methoxy groups -OCH3 is 1. The molecule has 0 saturated heterocycles. The van der Waals surface area contributed by atoms with Crippen LogP contribution in [0.3, 0.4) is 0 Å². The van der Waals surface area contributed by atoms with Crippen LogP contribution in [0.4, 0.5) is 0 Å². The molecule has 1 aromatic heterocycles. The van der Waals surface area contributed by atoms with Crippen molar-refractivity contribution >= 4 is 29.3 Å². The Morgan fingerprint density at radius 2 is 2.03 bits per heavy atom. The third-order valence-electron chi connectivity index (χ3n) is 4.88. The molecule has 0 fully saturated rings. The Kier molecular flexibility index (Phi) is 7.09. The van der Waals surface area contributed by atoms with E-state index in [1.807, 2.05) is 26.0 Å². The van der Waals surface area contributed by atoms with Crippen molar-refractivity contribution in [1.29, 1.82) is 10.5 Å². The highest BCUT2D eigenvalue weighted by molar-refractivity contribution is 7.99. The maximum absolute atomic E-state index is 12.8. The molecule has 0 saturated carbocycles. The van der Waals surface area contributed by atoms with Gasteiger partial charge in [0.1, 0.15) is 28.5 Å². The van der Waals surface area contributed by atoms with Crippen molar-refractivity contribution in [3.8, 4) is 12.1 Å². The fourth-order valence-corrected chi connectivity index (χ4v) is 4.74. The van der Waals surface area contributed by atoms with E-state index in [1.165, 1.54) is 18.9 Å². The van der Waals surface area contributed by atoms with Gasteiger partial charge in [-0.2, -0.15) is 10.5 Å². The Balaban J connectivity index is 2.13. The first-order chi connectivity index (χ1) is 15.3. The third kappa shape index (κ3) is 4.43. The van der Waals surface area contributed by atoms with Crippen molar-refractivity contribution in [2.24, 2.45) is 5.73 Å². The molecule has 7 nitrogen and oxygen atoms in total. The van der Waals surface area contributed by atoms with Gasteiger partial charge in [0.25, 0.3) is 0 Å². The number of aryl methyl sites for hydroxylation is 2. The minimum Gasteiger partial charge on any atom is -0.466 e. The molecule has 0 amide bonds. The highest BCUT2D eigenvalue weighted by atomic mass is 35.5. The average Bonchev–Trinajstić information content (AvgIpc) is 2.76. The summed E-state index contributed by atoms with van der Waals surface area (Å²) in [5.41, 5.74) is 8.79. The molecule has 9 heteroatoms. The van der Waals surface area contributed by atoms with E-state index in [9.17, 15) is 15.3 Å². The molecule has 2 N–H and O–H groups in total. The number of ether oxygens (including phenoxy) is 2. The quantitative estimate of drug-likeness (QED) is 0.512. The molecule has 3 rings (SSSR count). The molecular weight excluding hydrogens is 448 g/mol. The van der Waals surface area contributed by atoms with Gasteiger partial charge in [0.2, 0.25) is 5.88 Å². The van der Waals surface area contributed by atoms with Gasteiger partial charge in [-0.05, 0) is 37.1 Å². The van der Waals surface area contributed by atoms with E-state index in [0.717, 1.165) is 11.3 Å². The maximum atomic E-state index is 12.8. The third-order valence-corrected chi connectivity index (χ3v) is 6.20. The number of esters is 1. The summed E-state index contributed by atoms with van der Waals surface area (Å²) >= 11 is 7.63. The summed E-state index contributed by atoms with van der Waals surface area (Å²) in [6, 6.07) is 12.9. The number of rotatable bonds is 5. The van der Waals surface area contributed by atoms with E-state index in [-0.39, 0.29) is 28.5 Å². The molecule has 0 bridgehead atoms. The first-order valence-electron chi connectivity index (χ1n) is 9.46. The van der Waals surface area contributed by atoms with Crippen molar-refractivity contribution in [2.45, 2.75) is 24.8 Å². The zero-order valence-corrected chi connectivity index (χ0v) is 19.2. The van der Waals surface area contributed by atoms with Gasteiger partial charge < -0.3 is 15.2 Å². The second kappa shape index (κ2) is 9.78. The molecule has 1 aliphatic heterocycles. The summed E-state index contributed by atoms with van der Waals surface area (Å²) in [5, 5.41) is 20.2. The van der Waals surface area contributed by atoms with E-state index >= 15 is 0 Å². The number of thioether (sulfide) groups is 1. The Hall–Kier alpha value is -3.46. The van der Waals surface area contributed by atoms with Gasteiger partial charge in [-0.3, -0.25) is 0 Å². The van der Waals surface area contributed by atoms with Gasteiger partial charge in [0, 0.05) is 10.7 Å². The monoisotopic (exact) mass is 466 g/mol. The SMILES string of the molecule is COC(=O)C1=C(CSc2nc(C)cc(C)c2C#N)OC(N)=C(C#N)[C@H]1c1ccccc1Cl. The number of carbonyl (C=O) groups excluding carboxylic acids is 1. The zero-order chi connectivity index (χ0) is 23.4. The summed E-state index contributed by atoms with van der Waals surface area (Å²) in [4.78, 5) is 17.3. The fraction of sp³-hybridized carbons (Fsp3) is 0.217. The molecule has 1 aliphatic rings. The Labute approximate surface area is 195 Å². The molecule has 0 radical (unpaired) electrons. The van der Waals surface area contributed by atoms with Crippen LogP contribution >= 0.6 is 23.4 Å². The fourth-order valence-electron chi connectivity index (χ4n) is 3.46. The Morgan fingerprint density at radius 1 is 1.31 bits per heavy atom. The molecule has 0 aliphatic carbocycles. The number of benzene rings is 1. The van der Waals surface area contributed by atoms with Crippen molar-refractivity contribution in [2.75, 3.05) is 12.9 Å². The highest BCUT2D eigenvalue weighted by Gasteiger charge is 2.38. The van der Waals surface area contributed by atoms with Crippen molar-refractivity contribution < 1.29 is 14.3 Å². The van der Waals surface area contributed by atoms with Crippen LogP contribution in [-0.4, -0.2) is 23.8 Å². The molecule has 1 aromatic carbocycles. The van der Waals surface area contributed by atoms with Gasteiger partial charge in [0.05, 0.1) is 29.9 Å². The van der Waals surface area contributed by atoms with Gasteiger partial charge in [-0.15, -0.1) is 0 Å². The van der Waals surface area contributed by atoms with Crippen molar-refractivity contribution in [3.63, 3.8) is 0 Å². The molecule has 0 unspecified atom stereocenters. The molecule has 162 valence electrons. The number of nitrogens with zero attached hydrogens (tertiary/aromatic N) is 3. The molecule has 2 heterocycles. The lowest BCUT2D eigenvalue weighted by Gasteiger charge is -2.28. The summed E-state index contributed by atoms with van der Waals surface area (Å²) in [7, 11) is 1.25. The van der Waals surface area contributed by atoms with Crippen LogP contribution in [-0.2, 0) is 14.3 Å². The summed E-state index contributed by atoms with van der Waals surface area (Å²) in [6.45, 7) is 3.67. The largest absolute Gasteiger partial charge is 0.466 e. The molecule has 0 spiro atoms. The maximum Gasteiger partial charge on any atom is 0.338 e. The topological polar surface area (TPSA) is 122 Å². The van der Waals surface area contributed by atoms with Crippen LogP contribution in [0.2, 0.25) is 5.02 Å². The van der Waals surface area contributed by atoms with Crippen LogP contribution in [0.1, 0.15) is 28.3 Å². The summed E-state index contributed by atoms with van der Waals surface area (Å²) in [5.74, 6) is -1.29. The summed E-state index contributed by atoms with van der Waals surface area (Å²) < 4.78 is 10.7. The van der Waals surface area contributed by atoms with Gasteiger partial charge >= 0.3 is 5.97 Å². The second-order valence-corrected chi connectivity index (χ2v) is 8.31. The van der Waals surface area contributed by atoms with Gasteiger partial charge in [-0.25, -0.2) is 9.78 Å². The minimum atomic E-state index is -0.854.